The molecule has 106 valence electrons. The van der Waals surface area contributed by atoms with E-state index in [1.165, 1.54) is 0 Å². The fraction of sp³-hybridized carbons (Fsp3) is 0.286. The van der Waals surface area contributed by atoms with Gasteiger partial charge in [0.15, 0.2) is 0 Å². The SMILES string of the molecule is CCCc1nc(NC)cc(Nc2cc(Br)ccc2Cl)n1. The summed E-state index contributed by atoms with van der Waals surface area (Å²) in [5.41, 5.74) is 0.809. The predicted molar refractivity (Wildman–Crippen MR) is 88.0 cm³/mol. The topological polar surface area (TPSA) is 49.8 Å². The number of hydrogen-bond acceptors (Lipinski definition) is 4. The van der Waals surface area contributed by atoms with E-state index in [4.69, 9.17) is 11.6 Å². The van der Waals surface area contributed by atoms with E-state index in [-0.39, 0.29) is 0 Å². The number of rotatable bonds is 5. The zero-order valence-corrected chi connectivity index (χ0v) is 13.7. The summed E-state index contributed by atoms with van der Waals surface area (Å²) in [5, 5.41) is 6.93. The number of aryl methyl sites for hydroxylation is 1. The fourth-order valence-corrected chi connectivity index (χ4v) is 2.28. The molecule has 0 fully saturated rings. The molecule has 0 bridgehead atoms. The molecule has 0 aliphatic heterocycles. The van der Waals surface area contributed by atoms with Crippen molar-refractivity contribution in [1.29, 1.82) is 0 Å². The quantitative estimate of drug-likeness (QED) is 0.821. The Hall–Kier alpha value is -1.33. The van der Waals surface area contributed by atoms with E-state index < -0.39 is 0 Å². The Bertz CT molecular complexity index is 604. The zero-order chi connectivity index (χ0) is 14.5. The van der Waals surface area contributed by atoms with E-state index in [1.54, 1.807) is 0 Å². The second kappa shape index (κ2) is 6.90. The largest absolute Gasteiger partial charge is 0.373 e. The summed E-state index contributed by atoms with van der Waals surface area (Å²) in [6, 6.07) is 7.51. The van der Waals surface area contributed by atoms with Crippen molar-refractivity contribution >= 4 is 44.9 Å². The summed E-state index contributed by atoms with van der Waals surface area (Å²) in [6.45, 7) is 2.10. The number of halogens is 2. The number of aromatic nitrogens is 2. The van der Waals surface area contributed by atoms with E-state index in [2.05, 4.69) is 43.5 Å². The molecule has 1 aromatic heterocycles. The molecule has 1 aromatic carbocycles. The summed E-state index contributed by atoms with van der Waals surface area (Å²) in [6.07, 6.45) is 1.85. The monoisotopic (exact) mass is 354 g/mol. The molecule has 0 amide bonds. The summed E-state index contributed by atoms with van der Waals surface area (Å²) >= 11 is 9.61. The molecule has 0 saturated heterocycles. The Morgan fingerprint density at radius 3 is 2.65 bits per heavy atom. The maximum Gasteiger partial charge on any atom is 0.136 e. The lowest BCUT2D eigenvalue weighted by Gasteiger charge is -2.11. The molecule has 4 nitrogen and oxygen atoms in total. The molecule has 0 atom stereocenters. The molecule has 0 aliphatic carbocycles. The fourth-order valence-electron chi connectivity index (χ4n) is 1.76. The van der Waals surface area contributed by atoms with Gasteiger partial charge in [0.2, 0.25) is 0 Å². The Morgan fingerprint density at radius 1 is 1.20 bits per heavy atom. The second-order valence-electron chi connectivity index (χ2n) is 4.30. The van der Waals surface area contributed by atoms with Gasteiger partial charge < -0.3 is 10.6 Å². The highest BCUT2D eigenvalue weighted by Gasteiger charge is 2.06. The number of hydrogen-bond donors (Lipinski definition) is 2. The zero-order valence-electron chi connectivity index (χ0n) is 11.4. The summed E-state index contributed by atoms with van der Waals surface area (Å²) in [4.78, 5) is 8.92. The molecule has 0 unspecified atom stereocenters. The van der Waals surface area contributed by atoms with Crippen molar-refractivity contribution in [2.24, 2.45) is 0 Å². The smallest absolute Gasteiger partial charge is 0.136 e. The van der Waals surface area contributed by atoms with Crippen molar-refractivity contribution in [1.82, 2.24) is 9.97 Å². The molecule has 0 saturated carbocycles. The molecule has 2 aromatic rings. The van der Waals surface area contributed by atoms with Gasteiger partial charge in [0.1, 0.15) is 17.5 Å². The van der Waals surface area contributed by atoms with Crippen LogP contribution in [-0.4, -0.2) is 17.0 Å². The first-order valence-corrected chi connectivity index (χ1v) is 7.57. The third-order valence-electron chi connectivity index (χ3n) is 2.69. The third kappa shape index (κ3) is 3.84. The summed E-state index contributed by atoms with van der Waals surface area (Å²) < 4.78 is 0.959. The van der Waals surface area contributed by atoms with E-state index in [0.717, 1.165) is 40.5 Å². The maximum atomic E-state index is 6.18. The highest BCUT2D eigenvalue weighted by atomic mass is 79.9. The van der Waals surface area contributed by atoms with E-state index in [1.807, 2.05) is 31.3 Å². The van der Waals surface area contributed by atoms with Crippen LogP contribution in [0.5, 0.6) is 0 Å². The van der Waals surface area contributed by atoms with Gasteiger partial charge in [-0.3, -0.25) is 0 Å². The van der Waals surface area contributed by atoms with Crippen LogP contribution in [0.1, 0.15) is 19.2 Å². The first-order valence-electron chi connectivity index (χ1n) is 6.40. The minimum atomic E-state index is 0.648. The van der Waals surface area contributed by atoms with Crippen molar-refractivity contribution in [2.75, 3.05) is 17.7 Å². The number of nitrogens with one attached hydrogen (secondary N) is 2. The van der Waals surface area contributed by atoms with Crippen molar-refractivity contribution in [3.8, 4) is 0 Å². The van der Waals surface area contributed by atoms with Crippen LogP contribution in [0.25, 0.3) is 0 Å². The van der Waals surface area contributed by atoms with Crippen LogP contribution in [0.3, 0.4) is 0 Å². The molecule has 0 aliphatic rings. The number of anilines is 3. The van der Waals surface area contributed by atoms with Crippen LogP contribution in [0.15, 0.2) is 28.7 Å². The van der Waals surface area contributed by atoms with Gasteiger partial charge in [-0.25, -0.2) is 9.97 Å². The average Bonchev–Trinajstić information content (AvgIpc) is 2.43. The van der Waals surface area contributed by atoms with Gasteiger partial charge in [-0.1, -0.05) is 34.5 Å². The van der Waals surface area contributed by atoms with E-state index in [0.29, 0.717) is 5.02 Å². The van der Waals surface area contributed by atoms with Gasteiger partial charge in [-0.15, -0.1) is 0 Å². The van der Waals surface area contributed by atoms with Gasteiger partial charge in [0.05, 0.1) is 10.7 Å². The van der Waals surface area contributed by atoms with Crippen LogP contribution in [0.4, 0.5) is 17.3 Å². The first-order chi connectivity index (χ1) is 9.62. The average molecular weight is 356 g/mol. The summed E-state index contributed by atoms with van der Waals surface area (Å²) in [5.74, 6) is 2.33. The van der Waals surface area contributed by atoms with Crippen molar-refractivity contribution in [2.45, 2.75) is 19.8 Å². The van der Waals surface area contributed by atoms with Crippen LogP contribution in [0, 0.1) is 0 Å². The van der Waals surface area contributed by atoms with E-state index in [9.17, 15) is 0 Å². The highest BCUT2D eigenvalue weighted by molar-refractivity contribution is 9.10. The van der Waals surface area contributed by atoms with Gasteiger partial charge >= 0.3 is 0 Å². The summed E-state index contributed by atoms with van der Waals surface area (Å²) in [7, 11) is 1.84. The standard InChI is InChI=1S/C14H16BrClN4/c1-3-4-12-19-13(17-2)8-14(20-12)18-11-7-9(15)5-6-10(11)16/h5-8H,3-4H2,1-2H3,(H2,17,18,19,20). The molecular formula is C14H16BrClN4. The Morgan fingerprint density at radius 2 is 1.95 bits per heavy atom. The second-order valence-corrected chi connectivity index (χ2v) is 5.63. The lowest BCUT2D eigenvalue weighted by atomic mass is 10.3. The minimum Gasteiger partial charge on any atom is -0.373 e. The molecule has 0 spiro atoms. The lowest BCUT2D eigenvalue weighted by molar-refractivity contribution is 0.838. The first kappa shape index (κ1) is 15.1. The van der Waals surface area contributed by atoms with Crippen molar-refractivity contribution in [3.05, 3.63) is 39.6 Å². The van der Waals surface area contributed by atoms with Gasteiger partial charge in [-0.05, 0) is 24.6 Å². The minimum absolute atomic E-state index is 0.648. The van der Waals surface area contributed by atoms with Gasteiger partial charge in [-0.2, -0.15) is 0 Å². The van der Waals surface area contributed by atoms with Crippen LogP contribution in [0.2, 0.25) is 5.02 Å². The van der Waals surface area contributed by atoms with Crippen LogP contribution < -0.4 is 10.6 Å². The maximum absolute atomic E-state index is 6.18. The van der Waals surface area contributed by atoms with Gasteiger partial charge in [0.25, 0.3) is 0 Å². The van der Waals surface area contributed by atoms with Crippen molar-refractivity contribution < 1.29 is 0 Å². The van der Waals surface area contributed by atoms with Crippen LogP contribution >= 0.6 is 27.5 Å². The predicted octanol–water partition coefficient (Wildman–Crippen LogP) is 4.63. The number of benzene rings is 1. The normalized spacial score (nSPS) is 10.4. The lowest BCUT2D eigenvalue weighted by Crippen LogP contribution is -2.04. The number of nitrogens with zero attached hydrogens (tertiary/aromatic N) is 2. The molecular weight excluding hydrogens is 340 g/mol. The van der Waals surface area contributed by atoms with Crippen molar-refractivity contribution in [3.63, 3.8) is 0 Å². The van der Waals surface area contributed by atoms with Gasteiger partial charge in [0, 0.05) is 24.0 Å². The molecule has 0 radical (unpaired) electrons. The van der Waals surface area contributed by atoms with Crippen LogP contribution in [-0.2, 0) is 6.42 Å². The molecule has 2 rings (SSSR count). The Balaban J connectivity index is 2.32. The van der Waals surface area contributed by atoms with E-state index >= 15 is 0 Å². The molecule has 2 N–H and O–H groups in total. The highest BCUT2D eigenvalue weighted by Crippen LogP contribution is 2.28. The Kier molecular flexibility index (Phi) is 5.20. The molecule has 1 heterocycles. The third-order valence-corrected chi connectivity index (χ3v) is 3.52. The molecule has 6 heteroatoms. The Labute approximate surface area is 132 Å². The molecule has 20 heavy (non-hydrogen) atoms.